The maximum absolute atomic E-state index is 11.5. The van der Waals surface area contributed by atoms with Crippen LogP contribution in [-0.2, 0) is 13.0 Å². The molecule has 6 heteroatoms. The normalized spacial score (nSPS) is 13.8. The monoisotopic (exact) mass is 347 g/mol. The molecular weight excluding hydrogens is 334 g/mol. The third-order valence-electron chi connectivity index (χ3n) is 3.51. The summed E-state index contributed by atoms with van der Waals surface area (Å²) in [5, 5.41) is 12.6. The molecule has 5 nitrogen and oxygen atoms in total. The molecule has 1 aliphatic heterocycles. The van der Waals surface area contributed by atoms with E-state index in [4.69, 9.17) is 0 Å². The van der Waals surface area contributed by atoms with Crippen molar-refractivity contribution in [3.63, 3.8) is 0 Å². The summed E-state index contributed by atoms with van der Waals surface area (Å²) < 4.78 is 0.863. The van der Waals surface area contributed by atoms with Crippen LogP contribution in [0.1, 0.15) is 27.3 Å². The lowest BCUT2D eigenvalue weighted by Gasteiger charge is -2.18. The molecule has 0 unspecified atom stereocenters. The number of aromatic nitrogens is 2. The van der Waals surface area contributed by atoms with Gasteiger partial charge in [0, 0.05) is 22.1 Å². The van der Waals surface area contributed by atoms with Crippen LogP contribution >= 0.6 is 15.9 Å². The summed E-state index contributed by atoms with van der Waals surface area (Å²) in [5.41, 5.74) is 3.55. The molecule has 0 saturated heterocycles. The Hall–Kier alpha value is -1.79. The van der Waals surface area contributed by atoms with Gasteiger partial charge in [-0.1, -0.05) is 22.0 Å². The smallest absolute Gasteiger partial charge is 0.354 e. The second kappa shape index (κ2) is 5.54. The molecule has 0 aliphatic carbocycles. The minimum Gasteiger partial charge on any atom is -0.476 e. The Kier molecular flexibility index (Phi) is 3.73. The fraction of sp³-hybridized carbons (Fsp3) is 0.267. The third kappa shape index (κ3) is 2.69. The van der Waals surface area contributed by atoms with Crippen molar-refractivity contribution in [1.29, 1.82) is 0 Å². The van der Waals surface area contributed by atoms with E-state index >= 15 is 0 Å². The lowest BCUT2D eigenvalue weighted by Crippen LogP contribution is -2.27. The van der Waals surface area contributed by atoms with E-state index in [1.54, 1.807) is 0 Å². The van der Waals surface area contributed by atoms with E-state index in [9.17, 15) is 9.90 Å². The number of hydrogen-bond acceptors (Lipinski definition) is 4. The van der Waals surface area contributed by atoms with E-state index in [1.807, 2.05) is 25.1 Å². The Labute approximate surface area is 130 Å². The number of aromatic carboxylic acids is 1. The van der Waals surface area contributed by atoms with Crippen LogP contribution in [0.15, 0.2) is 22.7 Å². The molecule has 0 fully saturated rings. The number of aryl methyl sites for hydroxylation is 1. The first-order valence-corrected chi connectivity index (χ1v) is 7.46. The summed E-state index contributed by atoms with van der Waals surface area (Å²) in [6, 6.07) is 5.83. The lowest BCUT2D eigenvalue weighted by molar-refractivity contribution is 0.0688. The zero-order valence-electron chi connectivity index (χ0n) is 11.5. The zero-order valence-corrected chi connectivity index (χ0v) is 13.1. The number of carbonyl (C=O) groups is 1. The molecule has 2 N–H and O–H groups in total. The molecule has 1 aliphatic rings. The molecule has 3 rings (SSSR count). The van der Waals surface area contributed by atoms with Gasteiger partial charge in [0.2, 0.25) is 0 Å². The molecule has 108 valence electrons. The highest BCUT2D eigenvalue weighted by atomic mass is 79.9. The van der Waals surface area contributed by atoms with Gasteiger partial charge in [-0.3, -0.25) is 0 Å². The quantitative estimate of drug-likeness (QED) is 0.873. The van der Waals surface area contributed by atoms with E-state index < -0.39 is 5.97 Å². The van der Waals surface area contributed by atoms with Gasteiger partial charge in [-0.15, -0.1) is 0 Å². The van der Waals surface area contributed by atoms with Gasteiger partial charge in [-0.25, -0.2) is 14.8 Å². The van der Waals surface area contributed by atoms with Gasteiger partial charge in [0.05, 0.1) is 5.69 Å². The first-order chi connectivity index (χ1) is 10.1. The highest BCUT2D eigenvalue weighted by Gasteiger charge is 2.22. The molecule has 0 saturated carbocycles. The molecule has 2 aromatic rings. The van der Waals surface area contributed by atoms with Crippen molar-refractivity contribution in [2.75, 3.05) is 6.54 Å². The Morgan fingerprint density at radius 2 is 2.19 bits per heavy atom. The molecule has 21 heavy (non-hydrogen) atoms. The van der Waals surface area contributed by atoms with Crippen LogP contribution < -0.4 is 5.32 Å². The van der Waals surface area contributed by atoms with E-state index in [2.05, 4.69) is 31.2 Å². The Balaban J connectivity index is 2.19. The average Bonchev–Trinajstić information content (AvgIpc) is 2.46. The van der Waals surface area contributed by atoms with Crippen LogP contribution in [0.4, 0.5) is 0 Å². The largest absolute Gasteiger partial charge is 0.476 e. The highest BCUT2D eigenvalue weighted by molar-refractivity contribution is 9.10. The van der Waals surface area contributed by atoms with Gasteiger partial charge >= 0.3 is 5.97 Å². The van der Waals surface area contributed by atoms with Crippen LogP contribution in [0.25, 0.3) is 11.4 Å². The fourth-order valence-electron chi connectivity index (χ4n) is 2.46. The molecule has 1 aromatic heterocycles. The van der Waals surface area contributed by atoms with Gasteiger partial charge in [0.1, 0.15) is 0 Å². The minimum absolute atomic E-state index is 0.115. The molecule has 2 heterocycles. The number of carboxylic acids is 1. The molecule has 0 bridgehead atoms. The molecule has 1 aromatic carbocycles. The molecule has 0 spiro atoms. The zero-order chi connectivity index (χ0) is 15.0. The first kappa shape index (κ1) is 14.2. The van der Waals surface area contributed by atoms with Crippen molar-refractivity contribution in [3.05, 3.63) is 45.2 Å². The van der Waals surface area contributed by atoms with Gasteiger partial charge in [0.15, 0.2) is 11.5 Å². The fourth-order valence-corrected chi connectivity index (χ4v) is 3.13. The Morgan fingerprint density at radius 3 is 2.90 bits per heavy atom. The first-order valence-electron chi connectivity index (χ1n) is 6.66. The average molecular weight is 348 g/mol. The minimum atomic E-state index is -1.000. The summed E-state index contributed by atoms with van der Waals surface area (Å²) in [6.45, 7) is 3.33. The van der Waals surface area contributed by atoms with Gasteiger partial charge in [-0.2, -0.15) is 0 Å². The predicted octanol–water partition coefficient (Wildman–Crippen LogP) is 2.56. The van der Waals surface area contributed by atoms with Crippen molar-refractivity contribution >= 4 is 21.9 Å². The Morgan fingerprint density at radius 1 is 1.38 bits per heavy atom. The number of carboxylic acid groups (broad SMARTS) is 1. The number of hydrogen-bond donors (Lipinski definition) is 2. The lowest BCUT2D eigenvalue weighted by atomic mass is 10.0. The molecule has 0 radical (unpaired) electrons. The van der Waals surface area contributed by atoms with E-state index in [0.717, 1.165) is 33.4 Å². The summed E-state index contributed by atoms with van der Waals surface area (Å²) in [6.07, 6.45) is 0.645. The molecule has 0 amide bonds. The molecular formula is C15H14BrN3O2. The van der Waals surface area contributed by atoms with Gasteiger partial charge in [0.25, 0.3) is 0 Å². The number of fused-ring (bicyclic) bond motifs is 1. The van der Waals surface area contributed by atoms with Crippen molar-refractivity contribution < 1.29 is 9.90 Å². The second-order valence-corrected chi connectivity index (χ2v) is 5.89. The van der Waals surface area contributed by atoms with Crippen molar-refractivity contribution in [2.24, 2.45) is 0 Å². The SMILES string of the molecule is Cc1ccc(-c2nc3c(c(C(=O)O)n2)CCNC3)c(Br)c1. The summed E-state index contributed by atoms with van der Waals surface area (Å²) >= 11 is 3.50. The molecule has 0 atom stereocenters. The van der Waals surface area contributed by atoms with Crippen LogP contribution in [0.3, 0.4) is 0 Å². The highest BCUT2D eigenvalue weighted by Crippen LogP contribution is 2.28. The summed E-state index contributed by atoms with van der Waals surface area (Å²) in [5.74, 6) is -0.554. The maximum atomic E-state index is 11.5. The number of halogens is 1. The third-order valence-corrected chi connectivity index (χ3v) is 4.16. The standard InChI is InChI=1S/C15H14BrN3O2/c1-8-2-3-9(11(16)6-8)14-18-12-7-17-5-4-10(12)13(19-14)15(20)21/h2-3,6,17H,4-5,7H2,1H3,(H,20,21). The number of rotatable bonds is 2. The van der Waals surface area contributed by atoms with Gasteiger partial charge < -0.3 is 10.4 Å². The van der Waals surface area contributed by atoms with Crippen molar-refractivity contribution in [1.82, 2.24) is 15.3 Å². The summed E-state index contributed by atoms with van der Waals surface area (Å²) in [7, 11) is 0. The number of nitrogens with zero attached hydrogens (tertiary/aromatic N) is 2. The van der Waals surface area contributed by atoms with E-state index in [-0.39, 0.29) is 5.69 Å². The number of nitrogens with one attached hydrogen (secondary N) is 1. The van der Waals surface area contributed by atoms with E-state index in [0.29, 0.717) is 18.8 Å². The van der Waals surface area contributed by atoms with Crippen LogP contribution in [0.2, 0.25) is 0 Å². The van der Waals surface area contributed by atoms with Crippen LogP contribution in [0.5, 0.6) is 0 Å². The van der Waals surface area contributed by atoms with Crippen LogP contribution in [-0.4, -0.2) is 27.6 Å². The topological polar surface area (TPSA) is 75.1 Å². The Bertz CT molecular complexity index is 731. The summed E-state index contributed by atoms with van der Waals surface area (Å²) in [4.78, 5) is 20.3. The predicted molar refractivity (Wildman–Crippen MR) is 82.3 cm³/mol. The maximum Gasteiger partial charge on any atom is 0.354 e. The van der Waals surface area contributed by atoms with E-state index in [1.165, 1.54) is 0 Å². The van der Waals surface area contributed by atoms with Crippen molar-refractivity contribution in [2.45, 2.75) is 19.9 Å². The number of benzene rings is 1. The second-order valence-electron chi connectivity index (χ2n) is 5.04. The van der Waals surface area contributed by atoms with Crippen LogP contribution in [0, 0.1) is 6.92 Å². The van der Waals surface area contributed by atoms with Gasteiger partial charge in [-0.05, 0) is 37.6 Å². The van der Waals surface area contributed by atoms with Crippen molar-refractivity contribution in [3.8, 4) is 11.4 Å².